The summed E-state index contributed by atoms with van der Waals surface area (Å²) in [5.41, 5.74) is 0. The molecule has 0 bridgehead atoms. The van der Waals surface area contributed by atoms with E-state index in [1.165, 1.54) is 0 Å². The molecule has 0 spiro atoms. The first-order chi connectivity index (χ1) is 2.64. The fraction of sp³-hybridized carbons (Fsp3) is 0.667. The van der Waals surface area contributed by atoms with Crippen molar-refractivity contribution in [1.29, 1.82) is 0 Å². The molecule has 11 heavy (non-hydrogen) atoms. The summed E-state index contributed by atoms with van der Waals surface area (Å²) in [4.78, 5) is 9.34. The van der Waals surface area contributed by atoms with Crippen LogP contribution in [-0.4, -0.2) is 77.0 Å². The minimum Gasteiger partial charge on any atom is -0.870 e. The molecular weight excluding hydrogens is 315 g/mol. The van der Waals surface area contributed by atoms with E-state index in [2.05, 4.69) is 0 Å². The molecule has 0 amide bonds. The smallest absolute Gasteiger partial charge is 0.870 e. The Kier molecular flexibility index (Phi) is 79.9. The first-order valence-corrected chi connectivity index (χ1v) is 1.53. The number of rotatable bonds is 1. The molecule has 0 radical (unpaired) electrons. The van der Waals surface area contributed by atoms with Crippen molar-refractivity contribution >= 4 is 54.9 Å². The maximum atomic E-state index is 9.34. The fourth-order valence-corrected chi connectivity index (χ4v) is 0. The van der Waals surface area contributed by atoms with Gasteiger partial charge in [-0.1, -0.05) is 0 Å². The van der Waals surface area contributed by atoms with Crippen LogP contribution in [0.5, 0.6) is 0 Å². The van der Waals surface area contributed by atoms with Crippen molar-refractivity contribution in [1.82, 2.24) is 6.15 Å². The molecule has 60 valence electrons. The van der Waals surface area contributed by atoms with Gasteiger partial charge in [-0.05, 0) is 6.92 Å². The SMILES string of the molecule is CC(O)C(=O)[O-].N.[Ba+2].[OH-].[OH-].[Ti+4]. The largest absolute Gasteiger partial charge is 4.00 e. The van der Waals surface area contributed by atoms with E-state index in [-0.39, 0.29) is 87.7 Å². The molecule has 0 aliphatic rings. The molecule has 6 nitrogen and oxygen atoms in total. The Hall–Kier alpha value is 1.60. The molecule has 0 aliphatic carbocycles. The Labute approximate surface area is 120 Å². The molecule has 0 saturated heterocycles. The van der Waals surface area contributed by atoms with Crippen LogP contribution in [0.1, 0.15) is 6.92 Å². The van der Waals surface area contributed by atoms with Crippen LogP contribution in [0, 0.1) is 0 Å². The molecule has 8 heteroatoms. The van der Waals surface area contributed by atoms with Crippen LogP contribution >= 0.6 is 0 Å². The van der Waals surface area contributed by atoms with Crippen LogP contribution in [0.25, 0.3) is 0 Å². The summed E-state index contributed by atoms with van der Waals surface area (Å²) in [6.45, 7) is 1.13. The summed E-state index contributed by atoms with van der Waals surface area (Å²) in [6.07, 6.45) is -1.34. The van der Waals surface area contributed by atoms with Crippen molar-refractivity contribution in [3.05, 3.63) is 0 Å². The summed E-state index contributed by atoms with van der Waals surface area (Å²) in [6, 6.07) is 0. The zero-order valence-corrected chi connectivity index (χ0v) is 12.2. The summed E-state index contributed by atoms with van der Waals surface area (Å²) < 4.78 is 0. The van der Waals surface area contributed by atoms with Gasteiger partial charge in [0.25, 0.3) is 0 Å². The molecule has 6 N–H and O–H groups in total. The second kappa shape index (κ2) is 22.6. The number of aliphatic hydroxyl groups excluding tert-OH is 1. The minimum atomic E-state index is -1.44. The Morgan fingerprint density at radius 2 is 1.55 bits per heavy atom. The van der Waals surface area contributed by atoms with Gasteiger partial charge in [0.2, 0.25) is 0 Å². The van der Waals surface area contributed by atoms with E-state index < -0.39 is 12.1 Å². The van der Waals surface area contributed by atoms with Crippen LogP contribution in [-0.2, 0) is 26.5 Å². The van der Waals surface area contributed by atoms with Crippen LogP contribution < -0.4 is 11.3 Å². The predicted octanol–water partition coefficient (Wildman–Crippen LogP) is -2.46. The van der Waals surface area contributed by atoms with Crippen molar-refractivity contribution in [3.8, 4) is 0 Å². The Balaban J connectivity index is -0.0000000125. The summed E-state index contributed by atoms with van der Waals surface area (Å²) in [7, 11) is 0. The van der Waals surface area contributed by atoms with E-state index in [0.29, 0.717) is 0 Å². The molecule has 0 saturated carbocycles. The van der Waals surface area contributed by atoms with Gasteiger partial charge in [-0.3, -0.25) is 0 Å². The Morgan fingerprint density at radius 1 is 1.45 bits per heavy atom. The molecule has 0 aromatic heterocycles. The van der Waals surface area contributed by atoms with Gasteiger partial charge in [-0.15, -0.1) is 0 Å². The molecular formula is C3H10BaNO5Ti+3. The van der Waals surface area contributed by atoms with Crippen LogP contribution in [0.15, 0.2) is 0 Å². The minimum absolute atomic E-state index is 0. The van der Waals surface area contributed by atoms with Crippen molar-refractivity contribution in [2.24, 2.45) is 0 Å². The molecule has 0 aromatic rings. The number of aliphatic carboxylic acids is 1. The second-order valence-corrected chi connectivity index (χ2v) is 0.995. The van der Waals surface area contributed by atoms with Crippen LogP contribution in [0.2, 0.25) is 0 Å². The van der Waals surface area contributed by atoms with E-state index in [9.17, 15) is 9.90 Å². The zero-order chi connectivity index (χ0) is 5.15. The number of carbonyl (C=O) groups excluding carboxylic acids is 1. The number of carboxylic acid groups (broad SMARTS) is 1. The number of aliphatic hydroxyl groups is 1. The first-order valence-electron chi connectivity index (χ1n) is 1.53. The molecule has 0 heterocycles. The van der Waals surface area contributed by atoms with Gasteiger partial charge in [0.05, 0.1) is 12.1 Å². The Bertz CT molecular complexity index is 72.7. The molecule has 0 aromatic carbocycles. The van der Waals surface area contributed by atoms with Gasteiger partial charge >= 0.3 is 70.6 Å². The Morgan fingerprint density at radius 3 is 1.55 bits per heavy atom. The predicted molar refractivity (Wildman–Crippen MR) is 31.3 cm³/mol. The van der Waals surface area contributed by atoms with Crippen molar-refractivity contribution < 1.29 is 47.7 Å². The first kappa shape index (κ1) is 38.9. The average molecular weight is 325 g/mol. The third-order valence-corrected chi connectivity index (χ3v) is 0.341. The number of hydrogen-bond acceptors (Lipinski definition) is 6. The van der Waals surface area contributed by atoms with E-state index >= 15 is 0 Å². The zero-order valence-electron chi connectivity index (χ0n) is 6.15. The van der Waals surface area contributed by atoms with E-state index in [4.69, 9.17) is 5.11 Å². The van der Waals surface area contributed by atoms with Gasteiger partial charge in [-0.2, -0.15) is 0 Å². The van der Waals surface area contributed by atoms with Crippen LogP contribution in [0.3, 0.4) is 0 Å². The number of hydrogen-bond donors (Lipinski definition) is 2. The van der Waals surface area contributed by atoms with Crippen molar-refractivity contribution in [3.63, 3.8) is 0 Å². The summed E-state index contributed by atoms with van der Waals surface area (Å²) in [5.74, 6) is -1.44. The fourth-order valence-electron chi connectivity index (χ4n) is 0. The topological polar surface area (TPSA) is 155 Å². The summed E-state index contributed by atoms with van der Waals surface area (Å²) in [5, 5.41) is 17.3. The third kappa shape index (κ3) is 34.1. The average Bonchev–Trinajstić information content (AvgIpc) is 1.36. The van der Waals surface area contributed by atoms with Gasteiger partial charge in [0.1, 0.15) is 0 Å². The monoisotopic (exact) mass is 326 g/mol. The van der Waals surface area contributed by atoms with Gasteiger partial charge in [0.15, 0.2) is 0 Å². The maximum Gasteiger partial charge on any atom is 4.00 e. The van der Waals surface area contributed by atoms with Crippen molar-refractivity contribution in [2.75, 3.05) is 0 Å². The van der Waals surface area contributed by atoms with Gasteiger partial charge in [0, 0.05) is 0 Å². The third-order valence-electron chi connectivity index (χ3n) is 0.341. The maximum absolute atomic E-state index is 9.34. The molecule has 0 aliphatic heterocycles. The normalized spacial score (nSPS) is 7.45. The van der Waals surface area contributed by atoms with Crippen molar-refractivity contribution in [2.45, 2.75) is 13.0 Å². The molecule has 1 unspecified atom stereocenters. The molecule has 0 fully saturated rings. The summed E-state index contributed by atoms with van der Waals surface area (Å²) >= 11 is 0. The second-order valence-electron chi connectivity index (χ2n) is 0.995. The number of carbonyl (C=O) groups is 1. The van der Waals surface area contributed by atoms with E-state index in [1.54, 1.807) is 0 Å². The molecule has 1 atom stereocenters. The standard InChI is InChI=1S/C3H6O3.Ba.H3N.2H2O.Ti/c1-2(4)3(5)6;;;;;/h2,4H,1H3,(H,5,6);;1H3;2*1H2;/q;+2;;;;+4/p-3. The van der Waals surface area contributed by atoms with E-state index in [1.807, 2.05) is 0 Å². The van der Waals surface area contributed by atoms with Crippen LogP contribution in [0.4, 0.5) is 0 Å². The van der Waals surface area contributed by atoms with Gasteiger partial charge < -0.3 is 32.1 Å². The quantitative estimate of drug-likeness (QED) is 0.509. The molecule has 0 rings (SSSR count). The number of carboxylic acids is 1. The van der Waals surface area contributed by atoms with E-state index in [0.717, 1.165) is 6.92 Å². The van der Waals surface area contributed by atoms with Gasteiger partial charge in [-0.25, -0.2) is 0 Å².